The van der Waals surface area contributed by atoms with Crippen molar-refractivity contribution in [2.24, 2.45) is 4.99 Å². The van der Waals surface area contributed by atoms with Gasteiger partial charge in [-0.3, -0.25) is 9.89 Å². The molecule has 0 aliphatic heterocycles. The molecule has 0 aliphatic carbocycles. The van der Waals surface area contributed by atoms with Crippen molar-refractivity contribution >= 4 is 29.3 Å². The number of benzene rings is 2. The number of hydrogen-bond donors (Lipinski definition) is 3. The van der Waals surface area contributed by atoms with Crippen molar-refractivity contribution in [2.45, 2.75) is 19.1 Å². The number of alkyl halides is 3. The van der Waals surface area contributed by atoms with Crippen molar-refractivity contribution in [1.82, 2.24) is 15.5 Å². The average Bonchev–Trinajstić information content (AvgIpc) is 3.19. The second kappa shape index (κ2) is 9.35. The Morgan fingerprint density at radius 1 is 1.09 bits per heavy atom. The molecule has 0 saturated heterocycles. The second-order valence-electron chi connectivity index (χ2n) is 6.60. The van der Waals surface area contributed by atoms with Gasteiger partial charge in [0.25, 0.3) is 5.91 Å². The highest BCUT2D eigenvalue weighted by Gasteiger charge is 2.33. The Bertz CT molecular complexity index is 1140. The number of rotatable bonds is 4. The number of anilines is 1. The van der Waals surface area contributed by atoms with E-state index in [-0.39, 0.29) is 17.3 Å². The summed E-state index contributed by atoms with van der Waals surface area (Å²) in [5.41, 5.74) is -0.652. The van der Waals surface area contributed by atoms with Crippen LogP contribution in [0.2, 0.25) is 5.02 Å². The third-order valence-electron chi connectivity index (χ3n) is 4.23. The Hall–Kier alpha value is -3.47. The summed E-state index contributed by atoms with van der Waals surface area (Å²) in [6.45, 7) is 1.70. The van der Waals surface area contributed by atoms with Gasteiger partial charge < -0.3 is 10.6 Å². The lowest BCUT2D eigenvalue weighted by Crippen LogP contribution is -2.34. The van der Waals surface area contributed by atoms with Gasteiger partial charge in [-0.1, -0.05) is 23.7 Å². The molecule has 6 nitrogen and oxygen atoms in total. The summed E-state index contributed by atoms with van der Waals surface area (Å²) in [6, 6.07) is 9.33. The Morgan fingerprint density at radius 2 is 1.78 bits per heavy atom. The van der Waals surface area contributed by atoms with Crippen LogP contribution in [0.4, 0.5) is 27.8 Å². The summed E-state index contributed by atoms with van der Waals surface area (Å²) >= 11 is 5.87. The van der Waals surface area contributed by atoms with Gasteiger partial charge >= 0.3 is 6.18 Å². The van der Waals surface area contributed by atoms with E-state index in [1.807, 2.05) is 5.10 Å². The number of H-pyrrole nitrogens is 1. The maximum Gasteiger partial charge on any atom is 0.432 e. The van der Waals surface area contributed by atoms with Crippen LogP contribution in [0.15, 0.2) is 53.5 Å². The normalized spacial score (nSPS) is 13.0. The predicted molar refractivity (Wildman–Crippen MR) is 108 cm³/mol. The lowest BCUT2D eigenvalue weighted by Gasteiger charge is -2.17. The monoisotopic (exact) mass is 471 g/mol. The maximum absolute atomic E-state index is 13.5. The summed E-state index contributed by atoms with van der Waals surface area (Å²) in [6.07, 6.45) is -4.66. The number of hydrogen-bond acceptors (Lipinski definition) is 2. The van der Waals surface area contributed by atoms with E-state index in [0.717, 1.165) is 17.7 Å². The molecule has 1 amide bonds. The van der Waals surface area contributed by atoms with Gasteiger partial charge in [-0.2, -0.15) is 23.3 Å². The smallest absolute Gasteiger partial charge is 0.349 e. The molecule has 3 rings (SSSR count). The van der Waals surface area contributed by atoms with Gasteiger partial charge in [-0.15, -0.1) is 0 Å². The number of amides is 1. The van der Waals surface area contributed by atoms with Crippen molar-refractivity contribution in [3.05, 3.63) is 82.0 Å². The number of carbonyl (C=O) groups is 1. The molecule has 0 aliphatic rings. The molecule has 0 radical (unpaired) electrons. The molecule has 1 aromatic heterocycles. The molecule has 2 aromatic carbocycles. The summed E-state index contributed by atoms with van der Waals surface area (Å²) in [5.74, 6) is -3.89. The number of nitrogens with one attached hydrogen (secondary N) is 3. The Labute approximate surface area is 183 Å². The Morgan fingerprint density at radius 3 is 2.38 bits per heavy atom. The van der Waals surface area contributed by atoms with E-state index in [2.05, 4.69) is 20.7 Å². The molecule has 168 valence electrons. The highest BCUT2D eigenvalue weighted by Crippen LogP contribution is 2.28. The molecule has 0 fully saturated rings. The fourth-order valence-electron chi connectivity index (χ4n) is 2.58. The first-order valence-corrected chi connectivity index (χ1v) is 9.40. The van der Waals surface area contributed by atoms with Crippen LogP contribution in [0.25, 0.3) is 0 Å². The summed E-state index contributed by atoms with van der Waals surface area (Å²) in [7, 11) is 0. The minimum absolute atomic E-state index is 0.262. The van der Waals surface area contributed by atoms with E-state index in [1.165, 1.54) is 0 Å². The summed E-state index contributed by atoms with van der Waals surface area (Å²) in [4.78, 5) is 16.2. The first kappa shape index (κ1) is 23.2. The zero-order valence-corrected chi connectivity index (χ0v) is 17.0. The van der Waals surface area contributed by atoms with Gasteiger partial charge in [0, 0.05) is 16.7 Å². The number of aliphatic imine (C=N–C) groups is 1. The Kier molecular flexibility index (Phi) is 6.78. The molecule has 12 heteroatoms. The average molecular weight is 472 g/mol. The number of nitrogens with zero attached hydrogens (tertiary/aromatic N) is 2. The van der Waals surface area contributed by atoms with Crippen molar-refractivity contribution in [1.29, 1.82) is 0 Å². The van der Waals surface area contributed by atoms with Gasteiger partial charge in [-0.05, 0) is 42.8 Å². The highest BCUT2D eigenvalue weighted by molar-refractivity contribution is 6.30. The molecule has 3 aromatic rings. The standard InChI is InChI=1S/C20H15ClF5N5O/c1-10(11-2-5-13(21)6-3-11)27-19(28-17-9-16(30-31-17)20(24,25)26)29-18(32)12-4-7-14(22)15(23)8-12/h2-10H,1H3,(H3,27,28,29,30,31,32)/t10-/m0/s1. The molecule has 3 N–H and O–H groups in total. The number of guanidine groups is 1. The van der Waals surface area contributed by atoms with Crippen LogP contribution in [-0.2, 0) is 6.18 Å². The first-order chi connectivity index (χ1) is 15.0. The minimum Gasteiger partial charge on any atom is -0.349 e. The first-order valence-electron chi connectivity index (χ1n) is 9.02. The van der Waals surface area contributed by atoms with E-state index >= 15 is 0 Å². The lowest BCUT2D eigenvalue weighted by atomic mass is 10.1. The van der Waals surface area contributed by atoms with Crippen LogP contribution in [-0.4, -0.2) is 22.1 Å². The Balaban J connectivity index is 1.89. The minimum atomic E-state index is -4.66. The van der Waals surface area contributed by atoms with Crippen LogP contribution in [0.1, 0.15) is 34.6 Å². The molecule has 0 unspecified atom stereocenters. The SMILES string of the molecule is C[C@H](N/C(=N/C(=O)c1ccc(F)c(F)c1)Nc1cc(C(F)(F)F)[nH]n1)c1ccc(Cl)cc1. The van der Waals surface area contributed by atoms with Crippen molar-refractivity contribution in [3.8, 4) is 0 Å². The second-order valence-corrected chi connectivity index (χ2v) is 7.04. The number of carbonyl (C=O) groups excluding carboxylic acids is 1. The van der Waals surface area contributed by atoms with E-state index < -0.39 is 35.5 Å². The van der Waals surface area contributed by atoms with E-state index in [1.54, 1.807) is 31.2 Å². The molecule has 0 saturated carbocycles. The lowest BCUT2D eigenvalue weighted by molar-refractivity contribution is -0.141. The van der Waals surface area contributed by atoms with E-state index in [9.17, 15) is 26.7 Å². The van der Waals surface area contributed by atoms with Crippen LogP contribution in [0.3, 0.4) is 0 Å². The molecule has 0 bridgehead atoms. The molecule has 32 heavy (non-hydrogen) atoms. The third-order valence-corrected chi connectivity index (χ3v) is 4.48. The fourth-order valence-corrected chi connectivity index (χ4v) is 2.71. The number of halogens is 6. The largest absolute Gasteiger partial charge is 0.432 e. The van der Waals surface area contributed by atoms with Gasteiger partial charge in [-0.25, -0.2) is 8.78 Å². The molecule has 1 heterocycles. The van der Waals surface area contributed by atoms with Crippen molar-refractivity contribution in [3.63, 3.8) is 0 Å². The van der Waals surface area contributed by atoms with Crippen molar-refractivity contribution < 1.29 is 26.7 Å². The highest BCUT2D eigenvalue weighted by atomic mass is 35.5. The van der Waals surface area contributed by atoms with Crippen molar-refractivity contribution in [2.75, 3.05) is 5.32 Å². The molecular formula is C20H15ClF5N5O. The zero-order chi connectivity index (χ0) is 23.5. The summed E-state index contributed by atoms with van der Waals surface area (Å²) in [5, 5.41) is 11.2. The van der Waals surface area contributed by atoms with Gasteiger partial charge in [0.15, 0.2) is 17.5 Å². The summed E-state index contributed by atoms with van der Waals surface area (Å²) < 4.78 is 65.1. The zero-order valence-electron chi connectivity index (χ0n) is 16.3. The van der Waals surface area contributed by atoms with Crippen LogP contribution in [0.5, 0.6) is 0 Å². The van der Waals surface area contributed by atoms with Crippen LogP contribution < -0.4 is 10.6 Å². The van der Waals surface area contributed by atoms with Gasteiger partial charge in [0.2, 0.25) is 5.96 Å². The fraction of sp³-hybridized carbons (Fsp3) is 0.150. The van der Waals surface area contributed by atoms with E-state index in [0.29, 0.717) is 17.2 Å². The van der Waals surface area contributed by atoms with Gasteiger partial charge in [0.1, 0.15) is 5.69 Å². The van der Waals surface area contributed by atoms with Crippen LogP contribution in [0, 0.1) is 11.6 Å². The third kappa shape index (κ3) is 5.82. The molecular weight excluding hydrogens is 457 g/mol. The number of aromatic nitrogens is 2. The molecule has 0 spiro atoms. The van der Waals surface area contributed by atoms with E-state index in [4.69, 9.17) is 11.6 Å². The van der Waals surface area contributed by atoms with Gasteiger partial charge in [0.05, 0.1) is 6.04 Å². The predicted octanol–water partition coefficient (Wildman–Crippen LogP) is 5.32. The number of aromatic amines is 1. The van der Waals surface area contributed by atoms with Crippen LogP contribution >= 0.6 is 11.6 Å². The maximum atomic E-state index is 13.5. The molecule has 1 atom stereocenters. The topological polar surface area (TPSA) is 82.2 Å². The quantitative estimate of drug-likeness (QED) is 0.273.